The van der Waals surface area contributed by atoms with E-state index in [1.54, 1.807) is 27.7 Å². The van der Waals surface area contributed by atoms with Gasteiger partial charge in [-0.15, -0.1) is 0 Å². The average Bonchev–Trinajstić information content (AvgIpc) is 2.14. The zero-order valence-electron chi connectivity index (χ0n) is 10.2. The highest BCUT2D eigenvalue weighted by atomic mass is 16.6. The standard InChI is InChI=1S/C10H20N2O4/c1-5-15-7(13)10(12,6-11)8(14)16-9(2,3)4/h5-6,11-12H2,1-4H3. The average molecular weight is 232 g/mol. The Morgan fingerprint density at radius 2 is 1.69 bits per heavy atom. The third kappa shape index (κ3) is 3.79. The molecule has 1 atom stereocenters. The first-order valence-electron chi connectivity index (χ1n) is 5.07. The Balaban J connectivity index is 4.82. The van der Waals surface area contributed by atoms with Crippen molar-refractivity contribution in [3.05, 3.63) is 0 Å². The zero-order chi connectivity index (χ0) is 13.0. The minimum absolute atomic E-state index is 0.126. The highest BCUT2D eigenvalue weighted by Crippen LogP contribution is 2.13. The van der Waals surface area contributed by atoms with Crippen LogP contribution in [0.1, 0.15) is 27.7 Å². The van der Waals surface area contributed by atoms with Crippen molar-refractivity contribution in [1.82, 2.24) is 0 Å². The molecule has 0 aromatic rings. The summed E-state index contributed by atoms with van der Waals surface area (Å²) in [6.45, 7) is 6.40. The van der Waals surface area contributed by atoms with Crippen molar-refractivity contribution in [2.45, 2.75) is 38.8 Å². The summed E-state index contributed by atoms with van der Waals surface area (Å²) in [6.07, 6.45) is 0. The molecule has 1 unspecified atom stereocenters. The molecule has 0 fully saturated rings. The van der Waals surface area contributed by atoms with Gasteiger partial charge in [0.1, 0.15) is 5.60 Å². The van der Waals surface area contributed by atoms with E-state index in [0.717, 1.165) is 0 Å². The SMILES string of the molecule is CCOC(=O)C(N)(CN)C(=O)OC(C)(C)C. The lowest BCUT2D eigenvalue weighted by atomic mass is 10.0. The van der Waals surface area contributed by atoms with E-state index in [0.29, 0.717) is 0 Å². The highest BCUT2D eigenvalue weighted by Gasteiger charge is 2.45. The minimum Gasteiger partial charge on any atom is -0.464 e. The van der Waals surface area contributed by atoms with E-state index in [1.165, 1.54) is 0 Å². The topological polar surface area (TPSA) is 105 Å². The van der Waals surface area contributed by atoms with Gasteiger partial charge in [0.05, 0.1) is 6.61 Å². The molecule has 6 heteroatoms. The molecule has 0 aromatic heterocycles. The summed E-state index contributed by atoms with van der Waals surface area (Å²) in [5.41, 5.74) is 8.27. The molecule has 0 aromatic carbocycles. The predicted octanol–water partition coefficient (Wildman–Crippen LogP) is -0.453. The van der Waals surface area contributed by atoms with E-state index < -0.39 is 23.1 Å². The van der Waals surface area contributed by atoms with Crippen molar-refractivity contribution in [3.8, 4) is 0 Å². The molecule has 4 N–H and O–H groups in total. The first kappa shape index (κ1) is 14.9. The van der Waals surface area contributed by atoms with Crippen LogP contribution in [0.5, 0.6) is 0 Å². The van der Waals surface area contributed by atoms with Crippen LogP contribution in [0.2, 0.25) is 0 Å². The number of rotatable bonds is 4. The molecule has 0 aliphatic heterocycles. The fourth-order valence-corrected chi connectivity index (χ4v) is 0.879. The molecule has 0 radical (unpaired) electrons. The van der Waals surface area contributed by atoms with E-state index >= 15 is 0 Å². The largest absolute Gasteiger partial charge is 0.464 e. The van der Waals surface area contributed by atoms with Crippen LogP contribution in [-0.2, 0) is 19.1 Å². The molecule has 16 heavy (non-hydrogen) atoms. The maximum absolute atomic E-state index is 11.7. The molecule has 0 rings (SSSR count). The number of carbonyl (C=O) groups is 2. The zero-order valence-corrected chi connectivity index (χ0v) is 10.2. The van der Waals surface area contributed by atoms with E-state index in [1.807, 2.05) is 0 Å². The number of ether oxygens (including phenoxy) is 2. The number of hydrogen-bond donors (Lipinski definition) is 2. The van der Waals surface area contributed by atoms with Gasteiger partial charge in [-0.05, 0) is 27.7 Å². The molecular weight excluding hydrogens is 212 g/mol. The second-order valence-electron chi connectivity index (χ2n) is 4.40. The second kappa shape index (κ2) is 5.27. The van der Waals surface area contributed by atoms with Gasteiger partial charge in [-0.25, -0.2) is 9.59 Å². The van der Waals surface area contributed by atoms with Crippen LogP contribution in [0.4, 0.5) is 0 Å². The van der Waals surface area contributed by atoms with Crippen molar-refractivity contribution in [2.75, 3.05) is 13.2 Å². The molecule has 94 valence electrons. The Kier molecular flexibility index (Phi) is 4.89. The molecule has 0 saturated heterocycles. The molecule has 0 saturated carbocycles. The van der Waals surface area contributed by atoms with Crippen LogP contribution >= 0.6 is 0 Å². The Bertz CT molecular complexity index is 272. The highest BCUT2D eigenvalue weighted by molar-refractivity contribution is 6.05. The lowest BCUT2D eigenvalue weighted by molar-refractivity contribution is -0.170. The normalized spacial score (nSPS) is 15.1. The van der Waals surface area contributed by atoms with E-state index in [2.05, 4.69) is 4.74 Å². The van der Waals surface area contributed by atoms with Crippen molar-refractivity contribution >= 4 is 11.9 Å². The van der Waals surface area contributed by atoms with Crippen molar-refractivity contribution in [2.24, 2.45) is 11.5 Å². The number of nitrogens with two attached hydrogens (primary N) is 2. The van der Waals surface area contributed by atoms with Gasteiger partial charge in [0.15, 0.2) is 0 Å². The fraction of sp³-hybridized carbons (Fsp3) is 0.800. The van der Waals surface area contributed by atoms with Gasteiger partial charge in [-0.3, -0.25) is 0 Å². The summed E-state index contributed by atoms with van der Waals surface area (Å²) in [4.78, 5) is 23.2. The molecular formula is C10H20N2O4. The van der Waals surface area contributed by atoms with Crippen molar-refractivity contribution in [1.29, 1.82) is 0 Å². The van der Waals surface area contributed by atoms with Crippen LogP contribution in [0.15, 0.2) is 0 Å². The first-order valence-corrected chi connectivity index (χ1v) is 5.07. The summed E-state index contributed by atoms with van der Waals surface area (Å²) in [5.74, 6) is -1.74. The van der Waals surface area contributed by atoms with E-state index in [4.69, 9.17) is 16.2 Å². The second-order valence-corrected chi connectivity index (χ2v) is 4.40. The Labute approximate surface area is 95.3 Å². The minimum atomic E-state index is -1.93. The molecule has 0 spiro atoms. The van der Waals surface area contributed by atoms with Gasteiger partial charge in [0.25, 0.3) is 0 Å². The van der Waals surface area contributed by atoms with Crippen LogP contribution < -0.4 is 11.5 Å². The third-order valence-corrected chi connectivity index (χ3v) is 1.72. The lowest BCUT2D eigenvalue weighted by Gasteiger charge is -2.28. The first-order chi connectivity index (χ1) is 7.17. The monoisotopic (exact) mass is 232 g/mol. The van der Waals surface area contributed by atoms with Gasteiger partial charge in [0.2, 0.25) is 5.54 Å². The van der Waals surface area contributed by atoms with E-state index in [9.17, 15) is 9.59 Å². The van der Waals surface area contributed by atoms with Crippen LogP contribution in [0.25, 0.3) is 0 Å². The van der Waals surface area contributed by atoms with Gasteiger partial charge in [-0.1, -0.05) is 0 Å². The summed E-state index contributed by atoms with van der Waals surface area (Å²) in [6, 6.07) is 0. The predicted molar refractivity (Wildman–Crippen MR) is 58.5 cm³/mol. The Morgan fingerprint density at radius 3 is 2.00 bits per heavy atom. The Morgan fingerprint density at radius 1 is 1.19 bits per heavy atom. The van der Waals surface area contributed by atoms with Crippen molar-refractivity contribution in [3.63, 3.8) is 0 Å². The number of esters is 2. The van der Waals surface area contributed by atoms with Crippen LogP contribution in [0, 0.1) is 0 Å². The fourth-order valence-electron chi connectivity index (χ4n) is 0.879. The summed E-state index contributed by atoms with van der Waals surface area (Å²) in [7, 11) is 0. The van der Waals surface area contributed by atoms with Gasteiger partial charge in [0, 0.05) is 6.54 Å². The summed E-state index contributed by atoms with van der Waals surface area (Å²) < 4.78 is 9.71. The number of hydrogen-bond acceptors (Lipinski definition) is 6. The molecule has 0 bridgehead atoms. The smallest absolute Gasteiger partial charge is 0.339 e. The molecule has 0 aliphatic carbocycles. The van der Waals surface area contributed by atoms with Crippen LogP contribution in [0.3, 0.4) is 0 Å². The Hall–Kier alpha value is -1.14. The van der Waals surface area contributed by atoms with Gasteiger partial charge >= 0.3 is 11.9 Å². The summed E-state index contributed by atoms with van der Waals surface area (Å²) >= 11 is 0. The van der Waals surface area contributed by atoms with Crippen LogP contribution in [-0.4, -0.2) is 36.2 Å². The third-order valence-electron chi connectivity index (χ3n) is 1.72. The molecule has 0 heterocycles. The molecule has 0 aliphatic rings. The maximum Gasteiger partial charge on any atom is 0.339 e. The van der Waals surface area contributed by atoms with Crippen molar-refractivity contribution < 1.29 is 19.1 Å². The number of carbonyl (C=O) groups excluding carboxylic acids is 2. The van der Waals surface area contributed by atoms with Gasteiger partial charge < -0.3 is 20.9 Å². The summed E-state index contributed by atoms with van der Waals surface area (Å²) in [5, 5.41) is 0. The quantitative estimate of drug-likeness (QED) is 0.502. The molecule has 6 nitrogen and oxygen atoms in total. The molecule has 0 amide bonds. The lowest BCUT2D eigenvalue weighted by Crippen LogP contribution is -2.62. The maximum atomic E-state index is 11.7. The van der Waals surface area contributed by atoms with E-state index in [-0.39, 0.29) is 13.2 Å². The van der Waals surface area contributed by atoms with Gasteiger partial charge in [-0.2, -0.15) is 0 Å².